The minimum atomic E-state index is -3.32. The summed E-state index contributed by atoms with van der Waals surface area (Å²) < 4.78 is 13.8. The Labute approximate surface area is 82.9 Å². The molecule has 0 amide bonds. The Hall–Kier alpha value is 0.450. The molecule has 0 fully saturated rings. The summed E-state index contributed by atoms with van der Waals surface area (Å²) >= 11 is 4.46. The topological polar surface area (TPSA) is 71.0 Å². The molecular weight excluding hydrogens is 215 g/mol. The third kappa shape index (κ3) is 7.52. The summed E-state index contributed by atoms with van der Waals surface area (Å²) in [6.45, 7) is -3.00. The van der Waals surface area contributed by atoms with Crippen LogP contribution in [0.5, 0.6) is 0 Å². The van der Waals surface area contributed by atoms with Gasteiger partial charge >= 0.3 is 0 Å². The number of ether oxygens (including phenoxy) is 1. The van der Waals surface area contributed by atoms with Crippen molar-refractivity contribution in [1.29, 1.82) is 0 Å². The summed E-state index contributed by atoms with van der Waals surface area (Å²) in [7, 11) is 2.70. The molecule has 0 aliphatic heterocycles. The lowest BCUT2D eigenvalue weighted by molar-refractivity contribution is -0.204. The summed E-state index contributed by atoms with van der Waals surface area (Å²) in [5, 5.41) is 9.15. The van der Waals surface area contributed by atoms with Gasteiger partial charge in [-0.25, -0.2) is 0 Å². The number of methoxy groups -OCH3 is 1. The van der Waals surface area contributed by atoms with Crippen molar-refractivity contribution >= 4 is 18.5 Å². The van der Waals surface area contributed by atoms with Crippen molar-refractivity contribution in [1.82, 2.24) is 0 Å². The van der Waals surface area contributed by atoms with Crippen molar-refractivity contribution in [3.05, 3.63) is 0 Å². The Kier molecular flexibility index (Phi) is 7.07. The van der Waals surface area contributed by atoms with Crippen molar-refractivity contribution in [2.45, 2.75) is 12.5 Å². The molecule has 0 saturated heterocycles. The Morgan fingerprint density at radius 2 is 2.15 bits per heavy atom. The largest absolute Gasteiger partial charge is 0.780 e. The Morgan fingerprint density at radius 1 is 1.54 bits per heavy atom. The second-order valence-electron chi connectivity index (χ2n) is 2.36. The molecule has 1 N–H and O–H groups in total. The summed E-state index contributed by atoms with van der Waals surface area (Å²) in [4.78, 5) is 11.0. The summed E-state index contributed by atoms with van der Waals surface area (Å²) in [5.41, 5.74) is 0. The fraction of sp³-hybridized carbons (Fsp3) is 1.00. The standard InChI is InChI=1S/C6H15O5PS/c1-9-5-6(7)3-4-11-12(8,13)10-2/h6-7H,3-5H2,1-2H3,(H,8,13)/p-1. The minimum absolute atomic E-state index is 0.0964. The minimum Gasteiger partial charge on any atom is -0.780 e. The van der Waals surface area contributed by atoms with Gasteiger partial charge < -0.3 is 23.8 Å². The third-order valence-corrected chi connectivity index (χ3v) is 2.99. The Balaban J connectivity index is 3.50. The van der Waals surface area contributed by atoms with E-state index in [1.54, 1.807) is 0 Å². The first-order chi connectivity index (χ1) is 6.02. The second-order valence-corrected chi connectivity index (χ2v) is 5.22. The number of hydrogen-bond acceptors (Lipinski definition) is 6. The van der Waals surface area contributed by atoms with Crippen molar-refractivity contribution < 1.29 is 23.8 Å². The van der Waals surface area contributed by atoms with E-state index in [1.807, 2.05) is 0 Å². The lowest BCUT2D eigenvalue weighted by Crippen LogP contribution is -2.17. The molecule has 0 aliphatic rings. The SMILES string of the molecule is COCC(O)CCOP([O-])(=S)OC. The van der Waals surface area contributed by atoms with Crippen molar-refractivity contribution in [3.8, 4) is 0 Å². The number of aliphatic hydroxyl groups excluding tert-OH is 1. The quantitative estimate of drug-likeness (QED) is 0.601. The van der Waals surface area contributed by atoms with Crippen LogP contribution < -0.4 is 4.89 Å². The van der Waals surface area contributed by atoms with Crippen molar-refractivity contribution in [2.75, 3.05) is 27.4 Å². The van der Waals surface area contributed by atoms with E-state index in [4.69, 9.17) is 9.63 Å². The average molecular weight is 229 g/mol. The molecule has 0 heterocycles. The fourth-order valence-corrected chi connectivity index (χ4v) is 1.29. The van der Waals surface area contributed by atoms with E-state index in [-0.39, 0.29) is 13.2 Å². The summed E-state index contributed by atoms with van der Waals surface area (Å²) in [6.07, 6.45) is -0.311. The molecule has 13 heavy (non-hydrogen) atoms. The molecule has 5 nitrogen and oxygen atoms in total. The highest BCUT2D eigenvalue weighted by atomic mass is 32.5. The first-order valence-electron chi connectivity index (χ1n) is 3.70. The smallest absolute Gasteiger partial charge is 0.115 e. The van der Waals surface area contributed by atoms with Crippen molar-refractivity contribution in [3.63, 3.8) is 0 Å². The van der Waals surface area contributed by atoms with Gasteiger partial charge in [-0.15, -0.1) is 0 Å². The van der Waals surface area contributed by atoms with Gasteiger partial charge in [-0.2, -0.15) is 0 Å². The van der Waals surface area contributed by atoms with Crippen LogP contribution in [0.3, 0.4) is 0 Å². The van der Waals surface area contributed by atoms with Crippen LogP contribution in [0.15, 0.2) is 0 Å². The molecule has 0 saturated carbocycles. The van der Waals surface area contributed by atoms with Gasteiger partial charge in [-0.05, 0) is 6.42 Å². The van der Waals surface area contributed by atoms with Crippen LogP contribution in [0.1, 0.15) is 6.42 Å². The zero-order valence-electron chi connectivity index (χ0n) is 7.63. The van der Waals surface area contributed by atoms with Crippen LogP contribution >= 0.6 is 6.72 Å². The highest BCUT2D eigenvalue weighted by Gasteiger charge is 2.05. The first kappa shape index (κ1) is 13.4. The molecule has 7 heteroatoms. The monoisotopic (exact) mass is 229 g/mol. The molecule has 0 bridgehead atoms. The molecule has 0 aromatic carbocycles. The predicted octanol–water partition coefficient (Wildman–Crippen LogP) is -0.368. The molecule has 0 radical (unpaired) electrons. The van der Waals surface area contributed by atoms with Gasteiger partial charge in [0.2, 0.25) is 0 Å². The maximum Gasteiger partial charge on any atom is 0.115 e. The molecule has 80 valence electrons. The van der Waals surface area contributed by atoms with E-state index >= 15 is 0 Å². The van der Waals surface area contributed by atoms with Crippen LogP contribution in [0.2, 0.25) is 0 Å². The van der Waals surface area contributed by atoms with Gasteiger partial charge in [0.25, 0.3) is 0 Å². The molecule has 0 aromatic heterocycles. The zero-order chi connectivity index (χ0) is 10.3. The molecule has 0 aliphatic carbocycles. The van der Waals surface area contributed by atoms with Gasteiger partial charge in [0.15, 0.2) is 0 Å². The van der Waals surface area contributed by atoms with Gasteiger partial charge in [0.05, 0.1) is 19.3 Å². The highest BCUT2D eigenvalue weighted by molar-refractivity contribution is 8.06. The number of hydrogen-bond donors (Lipinski definition) is 1. The normalized spacial score (nSPS) is 18.2. The molecule has 0 spiro atoms. The Bertz CT molecular complexity index is 176. The maximum absolute atomic E-state index is 11.0. The lowest BCUT2D eigenvalue weighted by atomic mass is 10.3. The van der Waals surface area contributed by atoms with E-state index in [0.717, 1.165) is 0 Å². The van der Waals surface area contributed by atoms with Crippen LogP contribution in [-0.4, -0.2) is 38.6 Å². The zero-order valence-corrected chi connectivity index (χ0v) is 9.35. The van der Waals surface area contributed by atoms with Gasteiger partial charge in [-0.3, -0.25) is 0 Å². The maximum atomic E-state index is 11.0. The predicted molar refractivity (Wildman–Crippen MR) is 49.7 cm³/mol. The first-order valence-corrected chi connectivity index (χ1v) is 6.25. The molecule has 2 unspecified atom stereocenters. The van der Waals surface area contributed by atoms with E-state index in [0.29, 0.717) is 6.42 Å². The fourth-order valence-electron chi connectivity index (χ4n) is 0.629. The molecule has 0 rings (SSSR count). The van der Waals surface area contributed by atoms with E-state index in [2.05, 4.69) is 21.1 Å². The molecular formula is C6H14O5PS-. The summed E-state index contributed by atoms with van der Waals surface area (Å²) in [5.74, 6) is 0. The second kappa shape index (κ2) is 6.84. The lowest BCUT2D eigenvalue weighted by Gasteiger charge is -2.25. The van der Waals surface area contributed by atoms with Crippen LogP contribution in [0.25, 0.3) is 0 Å². The van der Waals surface area contributed by atoms with E-state index in [9.17, 15) is 4.89 Å². The van der Waals surface area contributed by atoms with E-state index in [1.165, 1.54) is 14.2 Å². The third-order valence-electron chi connectivity index (χ3n) is 1.28. The number of rotatable bonds is 7. The molecule has 0 aromatic rings. The highest BCUT2D eigenvalue weighted by Crippen LogP contribution is 2.37. The average Bonchev–Trinajstić information content (AvgIpc) is 2.05. The van der Waals surface area contributed by atoms with Crippen LogP contribution in [0.4, 0.5) is 0 Å². The Morgan fingerprint density at radius 3 is 2.62 bits per heavy atom. The van der Waals surface area contributed by atoms with Gasteiger partial charge in [-0.1, -0.05) is 11.8 Å². The van der Waals surface area contributed by atoms with Crippen molar-refractivity contribution in [2.24, 2.45) is 0 Å². The van der Waals surface area contributed by atoms with Gasteiger partial charge in [0, 0.05) is 14.2 Å². The van der Waals surface area contributed by atoms with E-state index < -0.39 is 12.8 Å². The van der Waals surface area contributed by atoms with Crippen LogP contribution in [-0.2, 0) is 25.6 Å². The van der Waals surface area contributed by atoms with Crippen LogP contribution in [0, 0.1) is 0 Å². The molecule has 2 atom stereocenters. The van der Waals surface area contributed by atoms with Gasteiger partial charge in [0.1, 0.15) is 6.72 Å². The summed E-state index contributed by atoms with van der Waals surface area (Å²) in [6, 6.07) is 0. The number of aliphatic hydroxyl groups is 1.